The number of anilines is 2. The van der Waals surface area contributed by atoms with Gasteiger partial charge in [-0.3, -0.25) is 0 Å². The van der Waals surface area contributed by atoms with Gasteiger partial charge in [0.2, 0.25) is 0 Å². The molecule has 0 atom stereocenters. The first-order chi connectivity index (χ1) is 12.1. The van der Waals surface area contributed by atoms with Crippen LogP contribution in [0.4, 0.5) is 21.0 Å². The van der Waals surface area contributed by atoms with Crippen molar-refractivity contribution in [1.82, 2.24) is 9.80 Å². The molecule has 2 N–H and O–H groups in total. The molecule has 0 saturated carbocycles. The predicted molar refractivity (Wildman–Crippen MR) is 94.0 cm³/mol. The van der Waals surface area contributed by atoms with Gasteiger partial charge in [0, 0.05) is 26.2 Å². The van der Waals surface area contributed by atoms with Gasteiger partial charge in [0.25, 0.3) is 0 Å². The largest absolute Gasteiger partial charge is 0.378 e. The van der Waals surface area contributed by atoms with E-state index in [4.69, 9.17) is 9.47 Å². The Morgan fingerprint density at radius 2 is 1.32 bits per heavy atom. The summed E-state index contributed by atoms with van der Waals surface area (Å²) < 4.78 is 10.5. The SMILES string of the molecule is Cc1ccc(NC(=O)N2CCOCC2)c(NC(=O)N2CCOCC2)c1. The minimum absolute atomic E-state index is 0.184. The summed E-state index contributed by atoms with van der Waals surface area (Å²) in [6, 6.07) is 5.19. The van der Waals surface area contributed by atoms with Crippen LogP contribution in [0.5, 0.6) is 0 Å². The van der Waals surface area contributed by atoms with Gasteiger partial charge in [-0.25, -0.2) is 9.59 Å². The van der Waals surface area contributed by atoms with Crippen molar-refractivity contribution in [3.63, 3.8) is 0 Å². The van der Waals surface area contributed by atoms with Gasteiger partial charge in [0.1, 0.15) is 0 Å². The van der Waals surface area contributed by atoms with E-state index in [9.17, 15) is 9.59 Å². The number of benzene rings is 1. The molecule has 8 nitrogen and oxygen atoms in total. The van der Waals surface area contributed by atoms with Crippen LogP contribution >= 0.6 is 0 Å². The number of amides is 4. The number of morpholine rings is 2. The van der Waals surface area contributed by atoms with Gasteiger partial charge in [-0.05, 0) is 24.6 Å². The molecular weight excluding hydrogens is 324 g/mol. The number of nitrogens with one attached hydrogen (secondary N) is 2. The van der Waals surface area contributed by atoms with Gasteiger partial charge in [-0.2, -0.15) is 0 Å². The van der Waals surface area contributed by atoms with Crippen LogP contribution in [-0.4, -0.2) is 74.5 Å². The van der Waals surface area contributed by atoms with Crippen molar-refractivity contribution in [2.45, 2.75) is 6.92 Å². The molecule has 0 radical (unpaired) electrons. The van der Waals surface area contributed by atoms with Gasteiger partial charge in [-0.15, -0.1) is 0 Å². The van der Waals surface area contributed by atoms with Crippen LogP contribution in [0.3, 0.4) is 0 Å². The minimum atomic E-state index is -0.186. The number of carbonyl (C=O) groups excluding carboxylic acids is 2. The highest BCUT2D eigenvalue weighted by atomic mass is 16.5. The summed E-state index contributed by atoms with van der Waals surface area (Å²) in [6.07, 6.45) is 0. The molecular formula is C17H24N4O4. The van der Waals surface area contributed by atoms with Crippen LogP contribution in [0.15, 0.2) is 18.2 Å². The zero-order valence-corrected chi connectivity index (χ0v) is 14.4. The van der Waals surface area contributed by atoms with Crippen molar-refractivity contribution in [3.05, 3.63) is 23.8 Å². The van der Waals surface area contributed by atoms with Crippen molar-refractivity contribution in [2.24, 2.45) is 0 Å². The molecule has 0 aliphatic carbocycles. The summed E-state index contributed by atoms with van der Waals surface area (Å²) in [4.78, 5) is 28.3. The molecule has 0 aromatic heterocycles. The van der Waals surface area contributed by atoms with Crippen molar-refractivity contribution in [1.29, 1.82) is 0 Å². The first-order valence-corrected chi connectivity index (χ1v) is 8.51. The number of urea groups is 2. The number of rotatable bonds is 2. The maximum Gasteiger partial charge on any atom is 0.322 e. The first kappa shape index (κ1) is 17.5. The molecule has 8 heteroatoms. The molecule has 136 valence electrons. The quantitative estimate of drug-likeness (QED) is 0.852. The Bertz CT molecular complexity index is 625. The van der Waals surface area contributed by atoms with E-state index < -0.39 is 0 Å². The van der Waals surface area contributed by atoms with E-state index in [0.29, 0.717) is 64.0 Å². The number of carbonyl (C=O) groups is 2. The van der Waals surface area contributed by atoms with E-state index in [0.717, 1.165) is 5.56 Å². The first-order valence-electron chi connectivity index (χ1n) is 8.51. The Hall–Kier alpha value is -2.32. The molecule has 4 amide bonds. The van der Waals surface area contributed by atoms with Gasteiger partial charge in [0.05, 0.1) is 37.8 Å². The molecule has 2 fully saturated rings. The fourth-order valence-electron chi connectivity index (χ4n) is 2.79. The highest BCUT2D eigenvalue weighted by molar-refractivity contribution is 5.98. The summed E-state index contributed by atoms with van der Waals surface area (Å²) in [5.41, 5.74) is 2.18. The van der Waals surface area contributed by atoms with E-state index >= 15 is 0 Å². The third-order valence-corrected chi connectivity index (χ3v) is 4.25. The fraction of sp³-hybridized carbons (Fsp3) is 0.529. The lowest BCUT2D eigenvalue weighted by Crippen LogP contribution is -2.44. The smallest absolute Gasteiger partial charge is 0.322 e. The van der Waals surface area contributed by atoms with Crippen LogP contribution in [0.25, 0.3) is 0 Å². The Morgan fingerprint density at radius 3 is 1.84 bits per heavy atom. The number of ether oxygens (including phenoxy) is 2. The second kappa shape index (κ2) is 8.17. The average Bonchev–Trinajstić information content (AvgIpc) is 2.65. The van der Waals surface area contributed by atoms with Gasteiger partial charge < -0.3 is 29.9 Å². The molecule has 0 bridgehead atoms. The lowest BCUT2D eigenvalue weighted by Gasteiger charge is -2.28. The topological polar surface area (TPSA) is 83.1 Å². The molecule has 3 rings (SSSR count). The maximum absolute atomic E-state index is 12.4. The van der Waals surface area contributed by atoms with E-state index in [1.165, 1.54) is 0 Å². The number of hydrogen-bond donors (Lipinski definition) is 2. The lowest BCUT2D eigenvalue weighted by molar-refractivity contribution is 0.0563. The molecule has 2 aliphatic rings. The third-order valence-electron chi connectivity index (χ3n) is 4.25. The van der Waals surface area contributed by atoms with E-state index in [1.54, 1.807) is 9.80 Å². The Labute approximate surface area is 147 Å². The summed E-state index contributed by atoms with van der Waals surface area (Å²) >= 11 is 0. The van der Waals surface area contributed by atoms with E-state index in [-0.39, 0.29) is 12.1 Å². The number of nitrogens with zero attached hydrogens (tertiary/aromatic N) is 2. The fourth-order valence-corrected chi connectivity index (χ4v) is 2.79. The van der Waals surface area contributed by atoms with Crippen molar-refractivity contribution < 1.29 is 19.1 Å². The van der Waals surface area contributed by atoms with Crippen molar-refractivity contribution in [2.75, 3.05) is 63.2 Å². The molecule has 0 spiro atoms. The van der Waals surface area contributed by atoms with Crippen molar-refractivity contribution >= 4 is 23.4 Å². The predicted octanol–water partition coefficient (Wildman–Crippen LogP) is 1.72. The summed E-state index contributed by atoms with van der Waals surface area (Å²) in [5.74, 6) is 0. The zero-order chi connectivity index (χ0) is 17.6. The molecule has 2 heterocycles. The zero-order valence-electron chi connectivity index (χ0n) is 14.4. The average molecular weight is 348 g/mol. The van der Waals surface area contributed by atoms with Gasteiger partial charge >= 0.3 is 12.1 Å². The Kier molecular flexibility index (Phi) is 5.72. The van der Waals surface area contributed by atoms with Crippen LogP contribution in [0, 0.1) is 6.92 Å². The number of aryl methyl sites for hydroxylation is 1. The third kappa shape index (κ3) is 4.61. The van der Waals surface area contributed by atoms with E-state index in [1.807, 2.05) is 25.1 Å². The van der Waals surface area contributed by atoms with E-state index in [2.05, 4.69) is 10.6 Å². The van der Waals surface area contributed by atoms with Crippen molar-refractivity contribution in [3.8, 4) is 0 Å². The second-order valence-electron chi connectivity index (χ2n) is 6.11. The van der Waals surface area contributed by atoms with Crippen LogP contribution < -0.4 is 10.6 Å². The summed E-state index contributed by atoms with van der Waals surface area (Å²) in [7, 11) is 0. The molecule has 2 saturated heterocycles. The van der Waals surface area contributed by atoms with Crippen LogP contribution in [-0.2, 0) is 9.47 Å². The Morgan fingerprint density at radius 1 is 0.840 bits per heavy atom. The molecule has 2 aliphatic heterocycles. The lowest BCUT2D eigenvalue weighted by atomic mass is 10.2. The molecule has 1 aromatic carbocycles. The van der Waals surface area contributed by atoms with Gasteiger partial charge in [0.15, 0.2) is 0 Å². The standard InChI is InChI=1S/C17H24N4O4/c1-13-2-3-14(18-16(22)20-4-8-24-9-5-20)15(12-13)19-17(23)21-6-10-25-11-7-21/h2-3,12H,4-11H2,1H3,(H,18,22)(H,19,23). The molecule has 0 unspecified atom stereocenters. The molecule has 1 aromatic rings. The Balaban J connectivity index is 1.69. The maximum atomic E-state index is 12.4. The minimum Gasteiger partial charge on any atom is -0.378 e. The summed E-state index contributed by atoms with van der Waals surface area (Å²) in [5, 5.41) is 5.79. The summed E-state index contributed by atoms with van der Waals surface area (Å²) in [6.45, 7) is 6.37. The van der Waals surface area contributed by atoms with Crippen LogP contribution in [0.1, 0.15) is 5.56 Å². The highest BCUT2D eigenvalue weighted by Gasteiger charge is 2.20. The number of hydrogen-bond acceptors (Lipinski definition) is 4. The second-order valence-corrected chi connectivity index (χ2v) is 6.11. The normalized spacial score (nSPS) is 18.0. The monoisotopic (exact) mass is 348 g/mol. The van der Waals surface area contributed by atoms with Gasteiger partial charge in [-0.1, -0.05) is 6.07 Å². The van der Waals surface area contributed by atoms with Crippen LogP contribution in [0.2, 0.25) is 0 Å². The molecule has 25 heavy (non-hydrogen) atoms. The highest BCUT2D eigenvalue weighted by Crippen LogP contribution is 2.24.